The molecular formula is C28H28BF2N5O2. The lowest BCUT2D eigenvalue weighted by Crippen LogP contribution is -2.42. The molecule has 0 radical (unpaired) electrons. The van der Waals surface area contributed by atoms with Crippen molar-refractivity contribution in [3.63, 3.8) is 0 Å². The molecule has 2 unspecified atom stereocenters. The van der Waals surface area contributed by atoms with Crippen LogP contribution in [0.4, 0.5) is 14.6 Å². The molecule has 4 heterocycles. The second kappa shape index (κ2) is 9.83. The fourth-order valence-electron chi connectivity index (χ4n) is 5.52. The predicted octanol–water partition coefficient (Wildman–Crippen LogP) is 3.25. The van der Waals surface area contributed by atoms with Crippen molar-refractivity contribution in [2.75, 3.05) is 37.7 Å². The lowest BCUT2D eigenvalue weighted by atomic mass is 9.90. The molecule has 38 heavy (non-hydrogen) atoms. The van der Waals surface area contributed by atoms with E-state index in [1.54, 1.807) is 33.7 Å². The average Bonchev–Trinajstić information content (AvgIpc) is 3.36. The van der Waals surface area contributed by atoms with Gasteiger partial charge in [0.15, 0.2) is 5.65 Å². The normalized spacial score (nSPS) is 19.6. The molecule has 2 aromatic carbocycles. The number of hydrogen-bond acceptors (Lipinski definition) is 5. The van der Waals surface area contributed by atoms with Crippen LogP contribution < -0.4 is 10.4 Å². The molecular weight excluding hydrogens is 487 g/mol. The Kier molecular flexibility index (Phi) is 6.35. The van der Waals surface area contributed by atoms with Crippen molar-refractivity contribution in [3.8, 4) is 11.3 Å². The molecule has 1 fully saturated rings. The monoisotopic (exact) mass is 515 g/mol. The Morgan fingerprint density at radius 2 is 1.87 bits per heavy atom. The van der Waals surface area contributed by atoms with Gasteiger partial charge in [-0.2, -0.15) is 9.61 Å². The van der Waals surface area contributed by atoms with Gasteiger partial charge in [-0.15, -0.1) is 0 Å². The van der Waals surface area contributed by atoms with Gasteiger partial charge in [0.2, 0.25) is 0 Å². The smallest absolute Gasteiger partial charge is 0.273 e. The molecule has 2 aliphatic heterocycles. The van der Waals surface area contributed by atoms with E-state index >= 15 is 4.39 Å². The largest absolute Gasteiger partial charge is 0.378 e. The summed E-state index contributed by atoms with van der Waals surface area (Å²) >= 11 is 0. The van der Waals surface area contributed by atoms with Crippen LogP contribution in [0.3, 0.4) is 0 Å². The molecule has 0 bridgehead atoms. The molecule has 6 rings (SSSR count). The summed E-state index contributed by atoms with van der Waals surface area (Å²) in [5.41, 5.74) is 3.71. The van der Waals surface area contributed by atoms with Gasteiger partial charge in [0.05, 0.1) is 31.5 Å². The molecule has 1 saturated heterocycles. The number of anilines is 1. The molecule has 1 amide bonds. The van der Waals surface area contributed by atoms with Crippen molar-refractivity contribution in [1.82, 2.24) is 19.5 Å². The molecule has 0 aliphatic carbocycles. The number of hydrogen-bond donors (Lipinski definition) is 0. The Hall–Kier alpha value is -3.79. The van der Waals surface area contributed by atoms with E-state index in [9.17, 15) is 9.18 Å². The second-order valence-corrected chi connectivity index (χ2v) is 9.86. The van der Waals surface area contributed by atoms with Crippen LogP contribution in [-0.4, -0.2) is 66.1 Å². The van der Waals surface area contributed by atoms with E-state index < -0.39 is 6.17 Å². The molecule has 10 heteroatoms. The van der Waals surface area contributed by atoms with Crippen LogP contribution in [0.25, 0.3) is 16.9 Å². The maximum Gasteiger partial charge on any atom is 0.273 e. The molecule has 0 saturated carbocycles. The first kappa shape index (κ1) is 24.5. The average molecular weight is 515 g/mol. The molecule has 2 atom stereocenters. The summed E-state index contributed by atoms with van der Waals surface area (Å²) in [6, 6.07) is 15.5. The van der Waals surface area contributed by atoms with Gasteiger partial charge >= 0.3 is 0 Å². The van der Waals surface area contributed by atoms with Crippen LogP contribution in [0.15, 0.2) is 54.6 Å². The van der Waals surface area contributed by atoms with Gasteiger partial charge < -0.3 is 14.5 Å². The van der Waals surface area contributed by atoms with Gasteiger partial charge in [-0.3, -0.25) is 4.79 Å². The third kappa shape index (κ3) is 4.22. The highest BCUT2D eigenvalue weighted by molar-refractivity contribution is 6.32. The minimum absolute atomic E-state index is 0.0345. The van der Waals surface area contributed by atoms with E-state index in [0.717, 1.165) is 11.0 Å². The van der Waals surface area contributed by atoms with E-state index in [2.05, 4.69) is 15.0 Å². The Labute approximate surface area is 220 Å². The summed E-state index contributed by atoms with van der Waals surface area (Å²) in [5, 5.41) is 4.68. The summed E-state index contributed by atoms with van der Waals surface area (Å²) in [4.78, 5) is 22.3. The molecule has 0 spiro atoms. The number of ether oxygens (including phenoxy) is 1. The van der Waals surface area contributed by atoms with Crippen LogP contribution >= 0.6 is 0 Å². The number of morpholine rings is 1. The van der Waals surface area contributed by atoms with Crippen molar-refractivity contribution in [2.45, 2.75) is 25.6 Å². The van der Waals surface area contributed by atoms with E-state index in [0.29, 0.717) is 61.0 Å². The van der Waals surface area contributed by atoms with Crippen molar-refractivity contribution < 1.29 is 18.3 Å². The number of amides is 1. The van der Waals surface area contributed by atoms with Crippen LogP contribution in [0, 0.1) is 5.82 Å². The number of alkyl halides is 1. The minimum atomic E-state index is -1.27. The summed E-state index contributed by atoms with van der Waals surface area (Å²) < 4.78 is 37.2. The number of aromatic nitrogens is 3. The second-order valence-electron chi connectivity index (χ2n) is 9.86. The highest BCUT2D eigenvalue weighted by atomic mass is 19.1. The van der Waals surface area contributed by atoms with Gasteiger partial charge in [0, 0.05) is 30.8 Å². The van der Waals surface area contributed by atoms with Gasteiger partial charge in [-0.05, 0) is 23.6 Å². The maximum atomic E-state index is 15.2. The molecule has 2 aliphatic rings. The maximum absolute atomic E-state index is 15.2. The minimum Gasteiger partial charge on any atom is -0.378 e. The van der Waals surface area contributed by atoms with Gasteiger partial charge in [0.25, 0.3) is 5.91 Å². The Morgan fingerprint density at radius 3 is 2.61 bits per heavy atom. The molecule has 0 N–H and O–H groups in total. The lowest BCUT2D eigenvalue weighted by molar-refractivity contribution is 0.0556. The van der Waals surface area contributed by atoms with Crippen LogP contribution in [0.2, 0.25) is 0 Å². The van der Waals surface area contributed by atoms with Gasteiger partial charge in [0.1, 0.15) is 31.3 Å². The fraction of sp³-hybridized carbons (Fsp3) is 0.321. The third-order valence-electron chi connectivity index (χ3n) is 7.44. The number of benzene rings is 2. The summed E-state index contributed by atoms with van der Waals surface area (Å²) in [7, 11) is 1.83. The number of halogens is 2. The molecule has 4 aromatic rings. The Morgan fingerprint density at radius 1 is 1.11 bits per heavy atom. The number of nitrogens with zero attached hydrogens (tertiary/aromatic N) is 5. The summed E-state index contributed by atoms with van der Waals surface area (Å²) in [6.45, 7) is 4.27. The summed E-state index contributed by atoms with van der Waals surface area (Å²) in [5.74, 6) is -0.0395. The zero-order valence-electron chi connectivity index (χ0n) is 21.4. The third-order valence-corrected chi connectivity index (χ3v) is 7.44. The van der Waals surface area contributed by atoms with Crippen molar-refractivity contribution >= 4 is 30.7 Å². The zero-order chi connectivity index (χ0) is 26.4. The number of carbonyl (C=O) groups excluding carboxylic acids is 1. The van der Waals surface area contributed by atoms with Crippen molar-refractivity contribution in [3.05, 3.63) is 77.2 Å². The van der Waals surface area contributed by atoms with E-state index in [1.165, 1.54) is 6.07 Å². The SMILES string of the molecule is Bc1ccc(-c2cc3nc(C(=O)N4CC(F)c5ccccc5C4CC)cc(N4CCOCC4)n3n2)c(F)c1. The Bertz CT molecular complexity index is 1520. The van der Waals surface area contributed by atoms with E-state index in [1.807, 2.05) is 39.0 Å². The fourth-order valence-corrected chi connectivity index (χ4v) is 5.52. The standard InChI is InChI=1S/C28H28BF2N5O2/c1-2-25-19-6-4-3-5-18(19)22(31)16-35(25)28(37)24-15-27(34-9-11-38-12-10-34)36-26(32-24)14-23(33-36)20-8-7-17(29)13-21(20)30/h3-8,13-15,22,25H,2,9-12,16,29H2,1H3. The number of rotatable bonds is 4. The first-order valence-corrected chi connectivity index (χ1v) is 13.0. The topological polar surface area (TPSA) is 63.0 Å². The lowest BCUT2D eigenvalue weighted by Gasteiger charge is -2.38. The van der Waals surface area contributed by atoms with Gasteiger partial charge in [-0.25, -0.2) is 13.8 Å². The number of carbonyl (C=O) groups is 1. The Balaban J connectivity index is 1.45. The first-order chi connectivity index (χ1) is 18.4. The van der Waals surface area contributed by atoms with Crippen molar-refractivity contribution in [2.24, 2.45) is 0 Å². The molecule has 194 valence electrons. The van der Waals surface area contributed by atoms with Crippen molar-refractivity contribution in [1.29, 1.82) is 0 Å². The highest BCUT2D eigenvalue weighted by Crippen LogP contribution is 2.39. The first-order valence-electron chi connectivity index (χ1n) is 13.0. The number of fused-ring (bicyclic) bond motifs is 2. The van der Waals surface area contributed by atoms with Crippen LogP contribution in [-0.2, 0) is 4.74 Å². The highest BCUT2D eigenvalue weighted by Gasteiger charge is 2.36. The van der Waals surface area contributed by atoms with Gasteiger partial charge in [-0.1, -0.05) is 48.8 Å². The van der Waals surface area contributed by atoms with Crippen LogP contribution in [0.1, 0.15) is 47.2 Å². The van der Waals surface area contributed by atoms with E-state index in [4.69, 9.17) is 4.74 Å². The molecule has 7 nitrogen and oxygen atoms in total. The summed E-state index contributed by atoms with van der Waals surface area (Å²) in [6.07, 6.45) is -0.621. The molecule has 2 aromatic heterocycles. The van der Waals surface area contributed by atoms with E-state index in [-0.39, 0.29) is 30.0 Å². The zero-order valence-corrected chi connectivity index (χ0v) is 21.4. The quantitative estimate of drug-likeness (QED) is 0.391. The van der Waals surface area contributed by atoms with Crippen LogP contribution in [0.5, 0.6) is 0 Å². The predicted molar refractivity (Wildman–Crippen MR) is 144 cm³/mol.